The third-order valence-corrected chi connectivity index (χ3v) is 4.71. The Labute approximate surface area is 231 Å². The number of carbonyl (C=O) groups is 4. The molecule has 0 saturated carbocycles. The Kier molecular flexibility index (Phi) is 12.0. The number of nitrogens with two attached hydrogens (primary N) is 1. The summed E-state index contributed by atoms with van der Waals surface area (Å²) in [5.74, 6) is -1.51. The van der Waals surface area contributed by atoms with E-state index >= 15 is 0 Å². The first kappa shape index (κ1) is 33.9. The number of hydrogen-bond acceptors (Lipinski definition) is 10. The molecule has 2 N–H and O–H groups in total. The number of carbonyl (C=O) groups excluding carboxylic acids is 4. The molecule has 0 radical (unpaired) electrons. The minimum atomic E-state index is -1.05. The molecule has 0 bridgehead atoms. The lowest BCUT2D eigenvalue weighted by atomic mass is 9.92. The maximum absolute atomic E-state index is 12.5. The summed E-state index contributed by atoms with van der Waals surface area (Å²) in [6.45, 7) is 17.9. The third-order valence-electron chi connectivity index (χ3n) is 4.71. The van der Waals surface area contributed by atoms with Crippen molar-refractivity contribution in [2.45, 2.75) is 106 Å². The molecular formula is C29H45NO9. The average molecular weight is 552 g/mol. The fraction of sp³-hybridized carbons (Fsp3) is 0.655. The maximum Gasteiger partial charge on any atom is 0.508 e. The van der Waals surface area contributed by atoms with E-state index in [1.807, 2.05) is 41.5 Å². The van der Waals surface area contributed by atoms with Crippen molar-refractivity contribution in [3.63, 3.8) is 0 Å². The Morgan fingerprint density at radius 2 is 1.33 bits per heavy atom. The van der Waals surface area contributed by atoms with Crippen LogP contribution in [0.15, 0.2) is 18.2 Å². The molecule has 0 fully saturated rings. The van der Waals surface area contributed by atoms with Gasteiger partial charge in [0.25, 0.3) is 0 Å². The van der Waals surface area contributed by atoms with Crippen molar-refractivity contribution in [3.05, 3.63) is 23.8 Å². The van der Waals surface area contributed by atoms with Crippen molar-refractivity contribution >= 4 is 24.1 Å². The average Bonchev–Trinajstić information content (AvgIpc) is 2.70. The fourth-order valence-electron chi connectivity index (χ4n) is 3.15. The van der Waals surface area contributed by atoms with Gasteiger partial charge in [-0.15, -0.1) is 0 Å². The van der Waals surface area contributed by atoms with E-state index in [0.717, 1.165) is 0 Å². The summed E-state index contributed by atoms with van der Waals surface area (Å²) >= 11 is 0. The molecular weight excluding hydrogens is 506 g/mol. The van der Waals surface area contributed by atoms with E-state index < -0.39 is 41.8 Å². The Bertz CT molecular complexity index is 1010. The highest BCUT2D eigenvalue weighted by Crippen LogP contribution is 2.32. The highest BCUT2D eigenvalue weighted by molar-refractivity contribution is 5.78. The van der Waals surface area contributed by atoms with E-state index in [2.05, 4.69) is 0 Å². The molecule has 0 aromatic heterocycles. The molecule has 220 valence electrons. The van der Waals surface area contributed by atoms with Gasteiger partial charge in [-0.1, -0.05) is 47.6 Å². The number of ether oxygens (including phenoxy) is 5. The molecule has 0 aliphatic rings. The van der Waals surface area contributed by atoms with Gasteiger partial charge in [0, 0.05) is 0 Å². The fourth-order valence-corrected chi connectivity index (χ4v) is 3.15. The summed E-state index contributed by atoms with van der Waals surface area (Å²) in [5.41, 5.74) is 5.31. The van der Waals surface area contributed by atoms with Crippen LogP contribution in [0.4, 0.5) is 4.79 Å². The van der Waals surface area contributed by atoms with Crippen molar-refractivity contribution in [3.8, 4) is 11.5 Å². The summed E-state index contributed by atoms with van der Waals surface area (Å²) in [7, 11) is 0. The molecule has 39 heavy (non-hydrogen) atoms. The lowest BCUT2D eigenvalue weighted by Crippen LogP contribution is -2.37. The molecule has 0 saturated heterocycles. The van der Waals surface area contributed by atoms with Crippen LogP contribution >= 0.6 is 0 Å². The summed E-state index contributed by atoms with van der Waals surface area (Å²) in [4.78, 5) is 49.2. The summed E-state index contributed by atoms with van der Waals surface area (Å²) in [6, 6.07) is 3.59. The molecule has 0 aliphatic heterocycles. The number of hydrogen-bond donors (Lipinski definition) is 1. The van der Waals surface area contributed by atoms with Gasteiger partial charge in [-0.25, -0.2) is 4.79 Å². The minimum absolute atomic E-state index is 0.0541. The van der Waals surface area contributed by atoms with Crippen molar-refractivity contribution in [1.29, 1.82) is 0 Å². The summed E-state index contributed by atoms with van der Waals surface area (Å²) in [5, 5.41) is 0. The molecule has 0 spiro atoms. The molecule has 0 amide bonds. The smallest absolute Gasteiger partial charge is 0.458 e. The van der Waals surface area contributed by atoms with Crippen LogP contribution in [0.1, 0.15) is 87.6 Å². The number of esters is 3. The molecule has 1 aromatic carbocycles. The molecule has 0 aliphatic carbocycles. The van der Waals surface area contributed by atoms with E-state index in [1.54, 1.807) is 33.8 Å². The zero-order valence-electron chi connectivity index (χ0n) is 25.0. The van der Waals surface area contributed by atoms with E-state index in [1.165, 1.54) is 12.1 Å². The van der Waals surface area contributed by atoms with E-state index in [0.29, 0.717) is 5.56 Å². The highest BCUT2D eigenvalue weighted by atomic mass is 16.7. The second-order valence-corrected chi connectivity index (χ2v) is 13.0. The SMILES string of the molecule is C[C@@H](COC(=O)OC(C)(C)C)OC(=O)[C@@H](N)Cc1ccc(OC(=O)CC(C)(C)C)c(OC(=O)CC(C)(C)C)c1. The maximum atomic E-state index is 12.5. The van der Waals surface area contributed by atoms with Crippen molar-refractivity contribution in [2.75, 3.05) is 6.61 Å². The van der Waals surface area contributed by atoms with Gasteiger partial charge in [0.15, 0.2) is 11.5 Å². The van der Waals surface area contributed by atoms with E-state index in [9.17, 15) is 19.2 Å². The van der Waals surface area contributed by atoms with Crippen LogP contribution in [0.3, 0.4) is 0 Å². The topological polar surface area (TPSA) is 140 Å². The molecule has 0 unspecified atom stereocenters. The molecule has 1 rings (SSSR count). The zero-order valence-corrected chi connectivity index (χ0v) is 25.0. The minimum Gasteiger partial charge on any atom is -0.458 e. The van der Waals surface area contributed by atoms with Gasteiger partial charge in [-0.2, -0.15) is 0 Å². The van der Waals surface area contributed by atoms with Crippen LogP contribution in [0.25, 0.3) is 0 Å². The highest BCUT2D eigenvalue weighted by Gasteiger charge is 2.25. The van der Waals surface area contributed by atoms with Gasteiger partial charge in [0.05, 0.1) is 12.8 Å². The Morgan fingerprint density at radius 3 is 1.82 bits per heavy atom. The molecule has 2 atom stereocenters. The van der Waals surface area contributed by atoms with Gasteiger partial charge in [-0.05, 0) is 62.6 Å². The van der Waals surface area contributed by atoms with E-state index in [4.69, 9.17) is 29.4 Å². The van der Waals surface area contributed by atoms with Gasteiger partial charge in [0.1, 0.15) is 24.4 Å². The summed E-state index contributed by atoms with van der Waals surface area (Å²) < 4.78 is 26.4. The second kappa shape index (κ2) is 13.8. The first-order chi connectivity index (χ1) is 17.6. The molecule has 10 heteroatoms. The first-order valence-electron chi connectivity index (χ1n) is 13.0. The summed E-state index contributed by atoms with van der Waals surface area (Å²) in [6.07, 6.45) is -1.27. The van der Waals surface area contributed by atoms with E-state index in [-0.39, 0.29) is 48.2 Å². The Morgan fingerprint density at radius 1 is 0.821 bits per heavy atom. The predicted octanol–water partition coefficient (Wildman–Crippen LogP) is 5.12. The Balaban J connectivity index is 2.92. The predicted molar refractivity (Wildman–Crippen MR) is 145 cm³/mol. The lowest BCUT2D eigenvalue weighted by molar-refractivity contribution is -0.152. The zero-order chi connectivity index (χ0) is 30.2. The molecule has 1 aromatic rings. The lowest BCUT2D eigenvalue weighted by Gasteiger charge is -2.21. The van der Waals surface area contributed by atoms with Crippen LogP contribution in [0, 0.1) is 10.8 Å². The molecule has 0 heterocycles. The standard InChI is InChI=1S/C29H45NO9/c1-18(17-35-26(34)39-29(8,9)10)36-25(33)20(30)13-19-11-12-21(37-23(31)15-27(2,3)4)22(14-19)38-24(32)16-28(5,6)7/h11-12,14,18,20H,13,15-17,30H2,1-10H3/t18-,20-/m0/s1. The van der Waals surface area contributed by atoms with Crippen LogP contribution in [0.2, 0.25) is 0 Å². The van der Waals surface area contributed by atoms with Crippen molar-refractivity contribution in [1.82, 2.24) is 0 Å². The van der Waals surface area contributed by atoms with Crippen molar-refractivity contribution < 1.29 is 42.9 Å². The van der Waals surface area contributed by atoms with Crippen LogP contribution in [-0.2, 0) is 35.0 Å². The second-order valence-electron chi connectivity index (χ2n) is 13.0. The van der Waals surface area contributed by atoms with Gasteiger partial charge in [0.2, 0.25) is 0 Å². The quantitative estimate of drug-likeness (QED) is 0.307. The number of rotatable bonds is 10. The van der Waals surface area contributed by atoms with Crippen LogP contribution in [-0.4, -0.2) is 48.4 Å². The normalized spacial score (nSPS) is 13.6. The van der Waals surface area contributed by atoms with Gasteiger partial charge < -0.3 is 29.4 Å². The molecule has 10 nitrogen and oxygen atoms in total. The van der Waals surface area contributed by atoms with Crippen LogP contribution < -0.4 is 15.2 Å². The van der Waals surface area contributed by atoms with Crippen molar-refractivity contribution in [2.24, 2.45) is 16.6 Å². The largest absolute Gasteiger partial charge is 0.508 e. The first-order valence-corrected chi connectivity index (χ1v) is 13.0. The van der Waals surface area contributed by atoms with Gasteiger partial charge in [-0.3, -0.25) is 14.4 Å². The van der Waals surface area contributed by atoms with Crippen LogP contribution in [0.5, 0.6) is 11.5 Å². The number of benzene rings is 1. The monoisotopic (exact) mass is 551 g/mol. The third kappa shape index (κ3) is 15.1. The van der Waals surface area contributed by atoms with Gasteiger partial charge >= 0.3 is 24.1 Å². The Hall–Kier alpha value is -3.14.